The minimum atomic E-state index is -1.15. The fourth-order valence-corrected chi connectivity index (χ4v) is 1.09. The molecule has 4 N–H and O–H groups in total. The molecular formula is C10H12N2O4. The maximum absolute atomic E-state index is 11.0. The van der Waals surface area contributed by atoms with Crippen molar-refractivity contribution in [3.63, 3.8) is 0 Å². The van der Waals surface area contributed by atoms with Crippen molar-refractivity contribution in [1.29, 1.82) is 0 Å². The Labute approximate surface area is 92.0 Å². The highest BCUT2D eigenvalue weighted by atomic mass is 16.5. The fraction of sp³-hybridized carbons (Fsp3) is 0.200. The molecule has 0 spiro atoms. The van der Waals surface area contributed by atoms with Crippen molar-refractivity contribution in [3.05, 3.63) is 23.8 Å². The Balaban J connectivity index is 2.93. The van der Waals surface area contributed by atoms with Crippen LogP contribution in [0, 0.1) is 0 Å². The van der Waals surface area contributed by atoms with Crippen molar-refractivity contribution in [3.8, 4) is 5.75 Å². The van der Waals surface area contributed by atoms with Gasteiger partial charge in [0, 0.05) is 7.05 Å². The van der Waals surface area contributed by atoms with E-state index in [4.69, 9.17) is 15.6 Å². The number of hydrogen-bond donors (Lipinski definition) is 3. The number of ether oxygens (including phenoxy) is 1. The van der Waals surface area contributed by atoms with Crippen LogP contribution in [0.25, 0.3) is 0 Å². The summed E-state index contributed by atoms with van der Waals surface area (Å²) in [5, 5.41) is 11.2. The standard InChI is InChI=1S/C10H12N2O4/c1-12-8(13)5-16-9-6(10(14)15)3-2-4-7(9)11/h2-4H,5,11H2,1H3,(H,12,13)(H,14,15). The zero-order valence-corrected chi connectivity index (χ0v) is 8.69. The van der Waals surface area contributed by atoms with Gasteiger partial charge in [0.2, 0.25) is 0 Å². The molecule has 0 fully saturated rings. The molecule has 0 heterocycles. The number of anilines is 1. The highest BCUT2D eigenvalue weighted by molar-refractivity contribution is 5.93. The third-order valence-corrected chi connectivity index (χ3v) is 1.90. The molecule has 0 atom stereocenters. The number of carbonyl (C=O) groups excluding carboxylic acids is 1. The third kappa shape index (κ3) is 2.63. The number of amides is 1. The second-order valence-corrected chi connectivity index (χ2v) is 2.99. The topological polar surface area (TPSA) is 102 Å². The third-order valence-electron chi connectivity index (χ3n) is 1.90. The maximum Gasteiger partial charge on any atom is 0.339 e. The Kier molecular flexibility index (Phi) is 3.71. The Morgan fingerprint density at radius 1 is 1.50 bits per heavy atom. The molecule has 0 aliphatic heterocycles. The van der Waals surface area contributed by atoms with E-state index in [1.54, 1.807) is 0 Å². The van der Waals surface area contributed by atoms with E-state index in [-0.39, 0.29) is 29.5 Å². The molecule has 1 rings (SSSR count). The number of likely N-dealkylation sites (N-methyl/N-ethyl adjacent to an activating group) is 1. The number of nitrogen functional groups attached to an aromatic ring is 1. The molecule has 0 radical (unpaired) electrons. The molecular weight excluding hydrogens is 212 g/mol. The highest BCUT2D eigenvalue weighted by Crippen LogP contribution is 2.26. The summed E-state index contributed by atoms with van der Waals surface area (Å²) in [7, 11) is 1.46. The van der Waals surface area contributed by atoms with E-state index in [2.05, 4.69) is 5.32 Å². The number of rotatable bonds is 4. The maximum atomic E-state index is 11.0. The largest absolute Gasteiger partial charge is 0.481 e. The van der Waals surface area contributed by atoms with Crippen LogP contribution >= 0.6 is 0 Å². The lowest BCUT2D eigenvalue weighted by molar-refractivity contribution is -0.122. The van der Waals surface area contributed by atoms with Gasteiger partial charge in [-0.1, -0.05) is 6.07 Å². The number of para-hydroxylation sites is 1. The van der Waals surface area contributed by atoms with E-state index in [9.17, 15) is 9.59 Å². The molecule has 6 heteroatoms. The number of hydrogen-bond acceptors (Lipinski definition) is 4. The van der Waals surface area contributed by atoms with Crippen molar-refractivity contribution in [2.75, 3.05) is 19.4 Å². The van der Waals surface area contributed by atoms with Crippen LogP contribution in [-0.4, -0.2) is 30.6 Å². The van der Waals surface area contributed by atoms with Gasteiger partial charge in [-0.2, -0.15) is 0 Å². The molecule has 0 bridgehead atoms. The number of benzene rings is 1. The average molecular weight is 224 g/mol. The van der Waals surface area contributed by atoms with Gasteiger partial charge >= 0.3 is 5.97 Å². The molecule has 0 saturated heterocycles. The van der Waals surface area contributed by atoms with Crippen LogP contribution in [0.5, 0.6) is 5.75 Å². The van der Waals surface area contributed by atoms with E-state index in [1.807, 2.05) is 0 Å². The van der Waals surface area contributed by atoms with Crippen LogP contribution in [-0.2, 0) is 4.79 Å². The molecule has 6 nitrogen and oxygen atoms in total. The first-order valence-electron chi connectivity index (χ1n) is 4.51. The van der Waals surface area contributed by atoms with Gasteiger partial charge in [0.15, 0.2) is 12.4 Å². The minimum Gasteiger partial charge on any atom is -0.481 e. The van der Waals surface area contributed by atoms with E-state index in [0.29, 0.717) is 0 Å². The monoisotopic (exact) mass is 224 g/mol. The number of carboxylic acids is 1. The van der Waals surface area contributed by atoms with Gasteiger partial charge in [-0.3, -0.25) is 4.79 Å². The van der Waals surface area contributed by atoms with Gasteiger partial charge in [0.1, 0.15) is 5.56 Å². The Hall–Kier alpha value is -2.24. The number of aromatic carboxylic acids is 1. The molecule has 1 aromatic rings. The summed E-state index contributed by atoms with van der Waals surface area (Å²) in [6.07, 6.45) is 0. The van der Waals surface area contributed by atoms with Crippen LogP contribution in [0.2, 0.25) is 0 Å². The molecule has 0 aromatic heterocycles. The predicted octanol–water partition coefficient (Wildman–Crippen LogP) is 0.0918. The van der Waals surface area contributed by atoms with E-state index in [1.165, 1.54) is 25.2 Å². The molecule has 86 valence electrons. The summed E-state index contributed by atoms with van der Waals surface area (Å²) in [6.45, 7) is -0.273. The average Bonchev–Trinajstić information content (AvgIpc) is 2.26. The van der Waals surface area contributed by atoms with Crippen molar-refractivity contribution in [2.24, 2.45) is 0 Å². The molecule has 0 aliphatic rings. The van der Waals surface area contributed by atoms with Crippen LogP contribution in [0.4, 0.5) is 5.69 Å². The lowest BCUT2D eigenvalue weighted by atomic mass is 10.2. The predicted molar refractivity (Wildman–Crippen MR) is 57.4 cm³/mol. The van der Waals surface area contributed by atoms with Crippen molar-refractivity contribution >= 4 is 17.6 Å². The van der Waals surface area contributed by atoms with E-state index < -0.39 is 5.97 Å². The van der Waals surface area contributed by atoms with Gasteiger partial charge in [-0.15, -0.1) is 0 Å². The Morgan fingerprint density at radius 2 is 2.19 bits per heavy atom. The summed E-state index contributed by atoms with van der Waals surface area (Å²) in [4.78, 5) is 21.8. The van der Waals surface area contributed by atoms with Crippen LogP contribution in [0.15, 0.2) is 18.2 Å². The summed E-state index contributed by atoms with van der Waals surface area (Å²) in [5.41, 5.74) is 5.69. The number of nitrogens with two attached hydrogens (primary N) is 1. The minimum absolute atomic E-state index is 0.0126. The SMILES string of the molecule is CNC(=O)COc1c(N)cccc1C(=O)O. The molecule has 0 aliphatic carbocycles. The zero-order valence-electron chi connectivity index (χ0n) is 8.69. The highest BCUT2D eigenvalue weighted by Gasteiger charge is 2.14. The fourth-order valence-electron chi connectivity index (χ4n) is 1.09. The van der Waals surface area contributed by atoms with Crippen LogP contribution in [0.1, 0.15) is 10.4 Å². The molecule has 16 heavy (non-hydrogen) atoms. The summed E-state index contributed by atoms with van der Waals surface area (Å²) in [5.74, 6) is -1.50. The molecule has 1 aromatic carbocycles. The molecule has 0 saturated carbocycles. The number of carbonyl (C=O) groups is 2. The van der Waals surface area contributed by atoms with Crippen LogP contribution in [0.3, 0.4) is 0 Å². The second kappa shape index (κ2) is 5.01. The smallest absolute Gasteiger partial charge is 0.339 e. The summed E-state index contributed by atoms with van der Waals surface area (Å²) >= 11 is 0. The first-order chi connectivity index (χ1) is 7.56. The number of carboxylic acid groups (broad SMARTS) is 1. The lowest BCUT2D eigenvalue weighted by Gasteiger charge is -2.10. The first kappa shape index (κ1) is 11.8. The molecule has 1 amide bonds. The Morgan fingerprint density at radius 3 is 2.75 bits per heavy atom. The quantitative estimate of drug-likeness (QED) is 0.629. The molecule has 0 unspecified atom stereocenters. The lowest BCUT2D eigenvalue weighted by Crippen LogP contribution is -2.25. The van der Waals surface area contributed by atoms with Gasteiger partial charge in [0.25, 0.3) is 5.91 Å². The van der Waals surface area contributed by atoms with Crippen molar-refractivity contribution < 1.29 is 19.4 Å². The van der Waals surface area contributed by atoms with Gasteiger partial charge in [-0.25, -0.2) is 4.79 Å². The Bertz CT molecular complexity index is 417. The van der Waals surface area contributed by atoms with Gasteiger partial charge < -0.3 is 20.9 Å². The van der Waals surface area contributed by atoms with Crippen LogP contribution < -0.4 is 15.8 Å². The number of nitrogens with one attached hydrogen (secondary N) is 1. The zero-order chi connectivity index (χ0) is 12.1. The van der Waals surface area contributed by atoms with Gasteiger partial charge in [0.05, 0.1) is 5.69 Å². The van der Waals surface area contributed by atoms with Crippen molar-refractivity contribution in [2.45, 2.75) is 0 Å². The van der Waals surface area contributed by atoms with E-state index in [0.717, 1.165) is 0 Å². The summed E-state index contributed by atoms with van der Waals surface area (Å²) < 4.78 is 5.06. The van der Waals surface area contributed by atoms with E-state index >= 15 is 0 Å². The summed E-state index contributed by atoms with van der Waals surface area (Å²) in [6, 6.07) is 4.37. The van der Waals surface area contributed by atoms with Crippen molar-refractivity contribution in [1.82, 2.24) is 5.32 Å². The van der Waals surface area contributed by atoms with Gasteiger partial charge in [-0.05, 0) is 12.1 Å². The second-order valence-electron chi connectivity index (χ2n) is 2.99. The first-order valence-corrected chi connectivity index (χ1v) is 4.51. The normalized spacial score (nSPS) is 9.56.